The average molecular weight is 1790 g/mol. The molecule has 0 heterocycles. The number of aldehydes is 1. The Morgan fingerprint density at radius 1 is 0.368 bits per heavy atom. The van der Waals surface area contributed by atoms with E-state index in [0.29, 0.717) is 39.1 Å². The molecule has 0 radical (unpaired) electrons. The lowest BCUT2D eigenvalue weighted by Gasteiger charge is -2.30. The van der Waals surface area contributed by atoms with Crippen LogP contribution in [0.3, 0.4) is 0 Å². The van der Waals surface area contributed by atoms with E-state index in [9.17, 15) is 96.9 Å². The molecule has 125 heavy (non-hydrogen) atoms. The number of rotatable bonds is 73. The van der Waals surface area contributed by atoms with Crippen molar-refractivity contribution in [2.45, 2.75) is 256 Å². The number of aliphatic hydroxyl groups is 3. The highest BCUT2D eigenvalue weighted by molar-refractivity contribution is 5.99. The fraction of sp³-hybridized carbons (Fsp3) is 0.795. The molecule has 0 aromatic rings. The van der Waals surface area contributed by atoms with Crippen molar-refractivity contribution >= 4 is 94.9 Å². The van der Waals surface area contributed by atoms with Crippen molar-refractivity contribution in [1.82, 2.24) is 79.3 Å². The van der Waals surface area contributed by atoms with Gasteiger partial charge in [-0.15, -0.1) is 4.91 Å². The Hall–Kier alpha value is -9.24. The van der Waals surface area contributed by atoms with Gasteiger partial charge < -0.3 is 154 Å². The van der Waals surface area contributed by atoms with Gasteiger partial charge in [0.25, 0.3) is 0 Å². The molecule has 0 aliphatic heterocycles. The number of carbonyl (C=O) groups excluding carboxylic acids is 16. The quantitative estimate of drug-likeness (QED) is 0.0153. The van der Waals surface area contributed by atoms with E-state index in [1.54, 1.807) is 55.4 Å². The first-order valence-corrected chi connectivity index (χ1v) is 42.9. The maximum Gasteiger partial charge on any atom is 0.249 e. The molecule has 0 saturated carbocycles. The minimum absolute atomic E-state index is 0.00575. The van der Waals surface area contributed by atoms with Gasteiger partial charge in [-0.1, -0.05) is 86.3 Å². The lowest BCUT2D eigenvalue weighted by Crippen LogP contribution is -2.62. The molecule has 718 valence electrons. The SMILES string of the molecule is CCC[C@@H](O)[C@H](NC(=O)[C@H](CCN)NC(=O)C(NC(=O)CN(CC(=O)NCCOCCOCCOCCOCC)CC(=O)N[C@H](C(=O)N[C@@H](CCN)C(=O)N[C@H](C(=O)N[C@@H](CCN)C(N)=O)[C@H](O)CCC)[C@@H](C)CC)[C@@H](C)CC)C(=O)NC(CCN)C(=O)N[C@H](C=O)CCNC(=O)[C@@H](NC(=O)[C@H](CCN)NC(=O)[C@H](CCN)NC(=O)[C@H](CC(C)C)N=O)[C@@H](C)O. The van der Waals surface area contributed by atoms with E-state index in [0.717, 1.165) is 4.90 Å². The lowest BCUT2D eigenvalue weighted by molar-refractivity contribution is -0.137. The predicted molar refractivity (Wildman–Crippen MR) is 458 cm³/mol. The lowest BCUT2D eigenvalue weighted by atomic mass is 9.97. The van der Waals surface area contributed by atoms with Crippen LogP contribution < -0.4 is 115 Å². The van der Waals surface area contributed by atoms with Gasteiger partial charge in [-0.25, -0.2) is 0 Å². The van der Waals surface area contributed by atoms with Crippen LogP contribution in [-0.2, 0) is 95.7 Å². The third-order valence-electron chi connectivity index (χ3n) is 19.7. The van der Waals surface area contributed by atoms with E-state index >= 15 is 0 Å². The van der Waals surface area contributed by atoms with Gasteiger partial charge in [0.05, 0.1) is 90.2 Å². The fourth-order valence-corrected chi connectivity index (χ4v) is 12.3. The number of hydrogen-bond acceptors (Lipinski definition) is 32. The Labute approximate surface area is 731 Å². The summed E-state index contributed by atoms with van der Waals surface area (Å²) in [5.41, 5.74) is 40.3. The Balaban J connectivity index is 6.95. The van der Waals surface area contributed by atoms with Crippen molar-refractivity contribution in [2.75, 3.05) is 125 Å². The van der Waals surface area contributed by atoms with Gasteiger partial charge in [0.2, 0.25) is 88.6 Å². The van der Waals surface area contributed by atoms with Crippen LogP contribution in [0.4, 0.5) is 0 Å². The van der Waals surface area contributed by atoms with Crippen molar-refractivity contribution in [3.8, 4) is 0 Å². The highest BCUT2D eigenvalue weighted by Gasteiger charge is 2.40. The van der Waals surface area contributed by atoms with Crippen molar-refractivity contribution in [3.05, 3.63) is 4.91 Å². The molecule has 0 saturated heterocycles. The third-order valence-corrected chi connectivity index (χ3v) is 19.7. The predicted octanol–water partition coefficient (Wildman–Crippen LogP) is -9.43. The minimum Gasteiger partial charge on any atom is -0.391 e. The third kappa shape index (κ3) is 47.2. The molecule has 0 aliphatic rings. The molecule has 0 bridgehead atoms. The maximum atomic E-state index is 14.6. The second kappa shape index (κ2) is 67.1. The summed E-state index contributed by atoms with van der Waals surface area (Å²) in [6, 6.07) is -19.4. The molecule has 0 aliphatic carbocycles. The summed E-state index contributed by atoms with van der Waals surface area (Å²) in [6.45, 7) is 15.3. The first-order chi connectivity index (χ1) is 59.4. The summed E-state index contributed by atoms with van der Waals surface area (Å²) >= 11 is 0. The number of aliphatic hydroxyl groups excluding tert-OH is 3. The molecule has 31 N–H and O–H groups in total. The topological polar surface area (TPSA) is 754 Å². The number of amides is 15. The number of carbonyl (C=O) groups is 16. The van der Waals surface area contributed by atoms with E-state index in [2.05, 4.69) is 79.6 Å². The highest BCUT2D eigenvalue weighted by atomic mass is 16.6. The van der Waals surface area contributed by atoms with Crippen LogP contribution in [-0.4, -0.2) is 337 Å². The van der Waals surface area contributed by atoms with Gasteiger partial charge in [0, 0.05) is 19.7 Å². The second-order valence-electron chi connectivity index (χ2n) is 30.6. The molecule has 0 rings (SSSR count). The summed E-state index contributed by atoms with van der Waals surface area (Å²) in [6.07, 6.45) is -4.79. The van der Waals surface area contributed by atoms with E-state index < -0.39 is 217 Å². The van der Waals surface area contributed by atoms with Gasteiger partial charge >= 0.3 is 0 Å². The number of nitrogens with one attached hydrogen (secondary N) is 14. The number of nitrogens with zero attached hydrogens (tertiary/aromatic N) is 2. The number of nitrogens with two attached hydrogens (primary N) is 7. The smallest absolute Gasteiger partial charge is 0.249 e. The van der Waals surface area contributed by atoms with E-state index in [1.807, 2.05) is 6.92 Å². The Morgan fingerprint density at radius 3 is 1.06 bits per heavy atom. The molecule has 2 unspecified atom stereocenters. The molecule has 0 spiro atoms. The summed E-state index contributed by atoms with van der Waals surface area (Å²) in [4.78, 5) is 232. The highest BCUT2D eigenvalue weighted by Crippen LogP contribution is 2.15. The summed E-state index contributed by atoms with van der Waals surface area (Å²) in [5.74, 6) is -15.6. The second-order valence-corrected chi connectivity index (χ2v) is 30.6. The molecule has 18 atom stereocenters. The van der Waals surface area contributed by atoms with Crippen LogP contribution in [0.2, 0.25) is 0 Å². The zero-order valence-corrected chi connectivity index (χ0v) is 74.2. The van der Waals surface area contributed by atoms with Crippen LogP contribution in [0.1, 0.15) is 159 Å². The molecule has 47 nitrogen and oxygen atoms in total. The Bertz CT molecular complexity index is 3280. The van der Waals surface area contributed by atoms with Crippen molar-refractivity contribution in [3.63, 3.8) is 0 Å². The van der Waals surface area contributed by atoms with E-state index in [1.165, 1.54) is 6.92 Å². The van der Waals surface area contributed by atoms with Crippen molar-refractivity contribution < 1.29 is 111 Å². The van der Waals surface area contributed by atoms with Gasteiger partial charge in [-0.3, -0.25) is 76.8 Å². The standard InChI is InChI=1S/C78H147N23O24/c1-11-16-57(104)65(77(119)89-50(18-25-79)67(85)109)98-71(113)54(22-29-83)92-75(117)62(46(8)13-3)95-60(107)42-101(41-59(106)86-32-33-123-36-37-125-39-38-124-35-34-122-15-5)43-61(108)96-63(47(9)14-4)76(118)93-55(23-30-84)72(114)99-66(58(105)17-12-2)78(120)94-51(19-26-80)68(110)88-49(44-102)24-31-87-74(116)64(48(10)103)97-70(112)53(21-28-82)90-69(111)52(20-27-81)91-73(115)56(100-121)40-45(6)7/h44-58,62-66,103-105H,11-43,79-84H2,1-10H3,(H2,85,109)(H,86,106)(H,87,116)(H,88,110)(H,89,119)(H,90,111)(H,91,115)(H,92,117)(H,93,118)(H,94,120)(H,95,107)(H,96,108)(H,97,112)(H,98,113)(H,99,114)/t46-,47-,48+,49-,50-,51?,52-,53-,54-,55-,56-,57+,58+,62-,63?,64-,65-,66-/m0/s1. The number of nitroso groups, excluding NO2 is 1. The van der Waals surface area contributed by atoms with Crippen molar-refractivity contribution in [2.24, 2.45) is 63.1 Å². The summed E-state index contributed by atoms with van der Waals surface area (Å²) < 4.78 is 21.8. The maximum absolute atomic E-state index is 14.6. The normalized spacial score (nSPS) is 15.7. The first kappa shape index (κ1) is 116. The Kier molecular flexibility index (Phi) is 62.2. The van der Waals surface area contributed by atoms with Gasteiger partial charge in [-0.05, 0) is 135 Å². The molecule has 0 aromatic heterocycles. The zero-order chi connectivity index (χ0) is 94.7. The number of ether oxygens (including phenoxy) is 4. The van der Waals surface area contributed by atoms with Crippen LogP contribution in [0.25, 0.3) is 0 Å². The summed E-state index contributed by atoms with van der Waals surface area (Å²) in [5, 5.41) is 71.0. The first-order valence-electron chi connectivity index (χ1n) is 42.9. The molecule has 0 fully saturated rings. The minimum atomic E-state index is -1.85. The molecule has 15 amide bonds. The van der Waals surface area contributed by atoms with Crippen LogP contribution >= 0.6 is 0 Å². The zero-order valence-electron chi connectivity index (χ0n) is 74.2. The number of hydrogen-bond donors (Lipinski definition) is 24. The van der Waals surface area contributed by atoms with Crippen LogP contribution in [0, 0.1) is 22.7 Å². The van der Waals surface area contributed by atoms with Gasteiger partial charge in [0.15, 0.2) is 6.04 Å². The fourth-order valence-electron chi connectivity index (χ4n) is 12.3. The van der Waals surface area contributed by atoms with E-state index in [4.69, 9.17) is 59.1 Å². The van der Waals surface area contributed by atoms with Crippen molar-refractivity contribution in [1.29, 1.82) is 0 Å². The Morgan fingerprint density at radius 2 is 0.704 bits per heavy atom. The van der Waals surface area contributed by atoms with Gasteiger partial charge in [-0.2, -0.15) is 0 Å². The van der Waals surface area contributed by atoms with E-state index in [-0.39, 0.29) is 168 Å². The molecular weight excluding hydrogens is 1640 g/mol. The summed E-state index contributed by atoms with van der Waals surface area (Å²) in [7, 11) is 0. The molecule has 47 heteroatoms. The average Bonchev–Trinajstić information content (AvgIpc) is 0.851. The van der Waals surface area contributed by atoms with Crippen LogP contribution in [0.5, 0.6) is 0 Å². The molecular formula is C78H147N23O24. The van der Waals surface area contributed by atoms with Gasteiger partial charge in [0.1, 0.15) is 72.7 Å². The monoisotopic (exact) mass is 1790 g/mol. The number of primary amides is 1. The molecule has 0 aromatic carbocycles. The van der Waals surface area contributed by atoms with Crippen LogP contribution in [0.15, 0.2) is 5.18 Å². The largest absolute Gasteiger partial charge is 0.391 e.